The molecular formula is C20H33IN4O5. The molecule has 1 aromatic carbocycles. The number of rotatable bonds is 6. The molecule has 0 spiro atoms. The predicted molar refractivity (Wildman–Crippen MR) is 126 cm³/mol. The number of likely N-dealkylation sites (tertiary alicyclic amines) is 1. The molecule has 2 N–H and O–H groups in total. The Balaban J connectivity index is 0.00000450. The van der Waals surface area contributed by atoms with Gasteiger partial charge in [-0.1, -0.05) is 0 Å². The summed E-state index contributed by atoms with van der Waals surface area (Å²) >= 11 is 0. The SMILES string of the molecule is CN=C(NCc1cc(OC)c(OC)c(OC)c1)NC1CN(C(=O)OC(C)(C)C)C1.I. The number of guanidine groups is 1. The van der Waals surface area contributed by atoms with Crippen LogP contribution in [0.2, 0.25) is 0 Å². The molecule has 1 saturated heterocycles. The first-order chi connectivity index (χ1) is 13.7. The number of nitrogens with zero attached hydrogens (tertiary/aromatic N) is 2. The molecule has 2 rings (SSSR count). The van der Waals surface area contributed by atoms with Gasteiger partial charge in [-0.2, -0.15) is 0 Å². The van der Waals surface area contributed by atoms with Crippen LogP contribution >= 0.6 is 24.0 Å². The maximum Gasteiger partial charge on any atom is 0.410 e. The van der Waals surface area contributed by atoms with Crippen LogP contribution in [0.5, 0.6) is 17.2 Å². The lowest BCUT2D eigenvalue weighted by molar-refractivity contribution is 0.00701. The Morgan fingerprint density at radius 3 is 2.13 bits per heavy atom. The van der Waals surface area contributed by atoms with Gasteiger partial charge in [-0.15, -0.1) is 24.0 Å². The van der Waals surface area contributed by atoms with Crippen LogP contribution in [0.1, 0.15) is 26.3 Å². The number of hydrogen-bond donors (Lipinski definition) is 2. The second-order valence-electron chi connectivity index (χ2n) is 7.69. The van der Waals surface area contributed by atoms with Crippen molar-refractivity contribution in [3.63, 3.8) is 0 Å². The minimum atomic E-state index is -0.492. The average Bonchev–Trinajstić information content (AvgIpc) is 2.63. The van der Waals surface area contributed by atoms with Gasteiger partial charge in [-0.3, -0.25) is 4.99 Å². The van der Waals surface area contributed by atoms with Crippen LogP contribution < -0.4 is 24.8 Å². The van der Waals surface area contributed by atoms with Crippen LogP contribution in [-0.4, -0.2) is 70.1 Å². The zero-order valence-corrected chi connectivity index (χ0v) is 21.0. The van der Waals surface area contributed by atoms with E-state index in [4.69, 9.17) is 18.9 Å². The summed E-state index contributed by atoms with van der Waals surface area (Å²) in [7, 11) is 6.45. The van der Waals surface area contributed by atoms with Crippen molar-refractivity contribution in [1.29, 1.82) is 0 Å². The highest BCUT2D eigenvalue weighted by molar-refractivity contribution is 14.0. The third-order valence-electron chi connectivity index (χ3n) is 4.28. The molecule has 9 nitrogen and oxygen atoms in total. The molecule has 0 bridgehead atoms. The molecule has 10 heteroatoms. The predicted octanol–water partition coefficient (Wildman–Crippen LogP) is 2.61. The second-order valence-corrected chi connectivity index (χ2v) is 7.69. The van der Waals surface area contributed by atoms with Crippen LogP contribution in [0.3, 0.4) is 0 Å². The first-order valence-electron chi connectivity index (χ1n) is 9.44. The summed E-state index contributed by atoms with van der Waals surface area (Å²) in [6.45, 7) is 7.22. The largest absolute Gasteiger partial charge is 0.493 e. The van der Waals surface area contributed by atoms with E-state index in [2.05, 4.69) is 15.6 Å². The number of methoxy groups -OCH3 is 3. The lowest BCUT2D eigenvalue weighted by atomic mass is 10.1. The summed E-state index contributed by atoms with van der Waals surface area (Å²) in [4.78, 5) is 17.9. The van der Waals surface area contributed by atoms with Crippen LogP contribution in [0, 0.1) is 0 Å². The molecule has 0 aromatic heterocycles. The topological polar surface area (TPSA) is 93.7 Å². The standard InChI is InChI=1S/C20H32N4O5.HI/c1-20(2,3)29-19(25)24-11-14(12-24)23-18(21-4)22-10-13-8-15(26-5)17(28-7)16(9-13)27-6;/h8-9,14H,10-12H2,1-7H3,(H2,21,22,23);1H. The zero-order chi connectivity index (χ0) is 21.6. The van der Waals surface area contributed by atoms with Gasteiger partial charge in [0.2, 0.25) is 5.75 Å². The number of halogens is 1. The van der Waals surface area contributed by atoms with Crippen molar-refractivity contribution < 1.29 is 23.7 Å². The number of amides is 1. The van der Waals surface area contributed by atoms with Gasteiger partial charge in [0.25, 0.3) is 0 Å². The van der Waals surface area contributed by atoms with Crippen molar-refractivity contribution in [1.82, 2.24) is 15.5 Å². The van der Waals surface area contributed by atoms with E-state index in [-0.39, 0.29) is 36.1 Å². The summed E-state index contributed by atoms with van der Waals surface area (Å²) < 4.78 is 21.5. The highest BCUT2D eigenvalue weighted by Crippen LogP contribution is 2.38. The van der Waals surface area contributed by atoms with Crippen molar-refractivity contribution >= 4 is 36.0 Å². The normalized spacial score (nSPS) is 14.2. The summed E-state index contributed by atoms with van der Waals surface area (Å²) in [5.74, 6) is 2.39. The Bertz CT molecular complexity index is 720. The smallest absolute Gasteiger partial charge is 0.410 e. The fraction of sp³-hybridized carbons (Fsp3) is 0.600. The van der Waals surface area contributed by atoms with Gasteiger partial charge >= 0.3 is 6.09 Å². The van der Waals surface area contributed by atoms with Gasteiger partial charge in [0.05, 0.1) is 27.4 Å². The van der Waals surface area contributed by atoms with E-state index in [0.717, 1.165) is 5.56 Å². The maximum atomic E-state index is 12.0. The molecule has 1 heterocycles. The van der Waals surface area contributed by atoms with Gasteiger partial charge < -0.3 is 34.5 Å². The van der Waals surface area contributed by atoms with Crippen molar-refractivity contribution in [3.8, 4) is 17.2 Å². The van der Waals surface area contributed by atoms with Crippen molar-refractivity contribution in [2.45, 2.75) is 39.0 Å². The van der Waals surface area contributed by atoms with Crippen LogP contribution in [0.4, 0.5) is 4.79 Å². The summed E-state index contributed by atoms with van der Waals surface area (Å²) in [5, 5.41) is 6.56. The van der Waals surface area contributed by atoms with E-state index < -0.39 is 5.60 Å². The highest BCUT2D eigenvalue weighted by atomic mass is 127. The van der Waals surface area contributed by atoms with Crippen LogP contribution in [0.15, 0.2) is 17.1 Å². The molecule has 30 heavy (non-hydrogen) atoms. The Hall–Kier alpha value is -2.11. The molecule has 170 valence electrons. The molecule has 0 aliphatic carbocycles. The van der Waals surface area contributed by atoms with E-state index >= 15 is 0 Å². The van der Waals surface area contributed by atoms with Gasteiger partial charge in [-0.25, -0.2) is 4.79 Å². The minimum Gasteiger partial charge on any atom is -0.493 e. The third-order valence-corrected chi connectivity index (χ3v) is 4.28. The molecule has 1 amide bonds. The lowest BCUT2D eigenvalue weighted by Gasteiger charge is -2.40. The molecule has 0 unspecified atom stereocenters. The zero-order valence-electron chi connectivity index (χ0n) is 18.7. The molecule has 1 aliphatic heterocycles. The highest BCUT2D eigenvalue weighted by Gasteiger charge is 2.34. The monoisotopic (exact) mass is 536 g/mol. The van der Waals surface area contributed by atoms with E-state index in [1.165, 1.54) is 0 Å². The van der Waals surface area contributed by atoms with Crippen LogP contribution in [-0.2, 0) is 11.3 Å². The molecule has 1 fully saturated rings. The molecular weight excluding hydrogens is 503 g/mol. The number of ether oxygens (including phenoxy) is 4. The van der Waals surface area contributed by atoms with Crippen molar-refractivity contribution in [3.05, 3.63) is 17.7 Å². The number of benzene rings is 1. The third kappa shape index (κ3) is 6.99. The number of carbonyl (C=O) groups excluding carboxylic acids is 1. The summed E-state index contributed by atoms with van der Waals surface area (Å²) in [6, 6.07) is 3.89. The average molecular weight is 536 g/mol. The first kappa shape index (κ1) is 25.9. The molecule has 0 radical (unpaired) electrons. The van der Waals surface area contributed by atoms with Gasteiger partial charge in [0.15, 0.2) is 17.5 Å². The van der Waals surface area contributed by atoms with Gasteiger partial charge in [0, 0.05) is 26.7 Å². The number of aliphatic imine (C=N–C) groups is 1. The fourth-order valence-electron chi connectivity index (χ4n) is 2.86. The van der Waals surface area contributed by atoms with Crippen molar-refractivity contribution in [2.24, 2.45) is 4.99 Å². The van der Waals surface area contributed by atoms with Crippen LogP contribution in [0.25, 0.3) is 0 Å². The van der Waals surface area contributed by atoms with Gasteiger partial charge in [0.1, 0.15) is 5.60 Å². The van der Waals surface area contributed by atoms with Crippen molar-refractivity contribution in [2.75, 3.05) is 41.5 Å². The Kier molecular flexibility index (Phi) is 9.79. The van der Waals surface area contributed by atoms with E-state index in [0.29, 0.717) is 42.8 Å². The van der Waals surface area contributed by atoms with E-state index in [1.54, 1.807) is 33.3 Å². The quantitative estimate of drug-likeness (QED) is 0.328. The molecule has 1 aliphatic rings. The first-order valence-corrected chi connectivity index (χ1v) is 9.44. The maximum absolute atomic E-state index is 12.0. The lowest BCUT2D eigenvalue weighted by Crippen LogP contribution is -2.63. The Morgan fingerprint density at radius 1 is 1.13 bits per heavy atom. The summed E-state index contributed by atoms with van der Waals surface area (Å²) in [5.41, 5.74) is 0.458. The molecule has 0 saturated carbocycles. The number of nitrogens with one attached hydrogen (secondary N) is 2. The Labute approximate surface area is 195 Å². The summed E-state index contributed by atoms with van der Waals surface area (Å²) in [6.07, 6.45) is -0.295. The van der Waals surface area contributed by atoms with E-state index in [1.807, 2.05) is 32.9 Å². The molecule has 1 aromatic rings. The minimum absolute atomic E-state index is 0. The second kappa shape index (κ2) is 11.3. The Morgan fingerprint density at radius 2 is 1.70 bits per heavy atom. The van der Waals surface area contributed by atoms with E-state index in [9.17, 15) is 4.79 Å². The number of carbonyl (C=O) groups is 1. The fourth-order valence-corrected chi connectivity index (χ4v) is 2.86. The molecule has 0 atom stereocenters. The number of hydrogen-bond acceptors (Lipinski definition) is 6. The van der Waals surface area contributed by atoms with Gasteiger partial charge in [-0.05, 0) is 38.5 Å².